The molecule has 0 N–H and O–H groups in total. The van der Waals surface area contributed by atoms with E-state index in [1.165, 1.54) is 22.5 Å². The number of aromatic nitrogens is 2. The van der Waals surface area contributed by atoms with Crippen LogP contribution in [0, 0.1) is 0 Å². The molecule has 6 aromatic rings. The number of nitrogens with zero attached hydrogens (tertiary/aromatic N) is 3. The first kappa shape index (κ1) is 23.8. The van der Waals surface area contributed by atoms with E-state index in [4.69, 9.17) is 9.97 Å². The molecule has 0 atom stereocenters. The minimum Gasteiger partial charge on any atom is -0.308 e. The highest BCUT2D eigenvalue weighted by molar-refractivity contribution is 9.10. The standard InChI is InChI=1S/C35H26BrN3/c1-35(2)25-17-9-11-19-28(25)39(29-20-12-10-18-26(29)35)30-22-21-27(36)33-34(30)38-32(24-15-7-4-8-16-24)31(37-33)23-13-5-3-6-14-23/h3-22H,1-2H3. The average Bonchev–Trinajstić information content (AvgIpc) is 2.99. The third-order valence-corrected chi connectivity index (χ3v) is 8.36. The molecule has 4 heteroatoms. The molecule has 0 spiro atoms. The van der Waals surface area contributed by atoms with Gasteiger partial charge < -0.3 is 4.90 Å². The molecule has 1 aliphatic heterocycles. The van der Waals surface area contributed by atoms with Gasteiger partial charge in [0.25, 0.3) is 0 Å². The fraction of sp³-hybridized carbons (Fsp3) is 0.0857. The van der Waals surface area contributed by atoms with Gasteiger partial charge >= 0.3 is 0 Å². The first-order valence-electron chi connectivity index (χ1n) is 13.1. The van der Waals surface area contributed by atoms with Crippen molar-refractivity contribution in [3.8, 4) is 22.5 Å². The van der Waals surface area contributed by atoms with Crippen molar-refractivity contribution in [1.82, 2.24) is 9.97 Å². The summed E-state index contributed by atoms with van der Waals surface area (Å²) in [5.41, 5.74) is 11.3. The summed E-state index contributed by atoms with van der Waals surface area (Å²) in [6.07, 6.45) is 0. The summed E-state index contributed by atoms with van der Waals surface area (Å²) in [7, 11) is 0. The molecule has 5 aromatic carbocycles. The van der Waals surface area contributed by atoms with E-state index in [1.807, 2.05) is 24.3 Å². The number of hydrogen-bond donors (Lipinski definition) is 0. The number of hydrogen-bond acceptors (Lipinski definition) is 3. The van der Waals surface area contributed by atoms with Gasteiger partial charge in [-0.25, -0.2) is 9.97 Å². The van der Waals surface area contributed by atoms with Gasteiger partial charge in [-0.2, -0.15) is 0 Å². The number of halogens is 1. The highest BCUT2D eigenvalue weighted by atomic mass is 79.9. The van der Waals surface area contributed by atoms with Gasteiger partial charge in [0, 0.05) is 21.0 Å². The highest BCUT2D eigenvalue weighted by Crippen LogP contribution is 2.53. The molecule has 0 fully saturated rings. The molecule has 2 heterocycles. The largest absolute Gasteiger partial charge is 0.308 e. The van der Waals surface area contributed by atoms with E-state index in [0.29, 0.717) is 0 Å². The number of rotatable bonds is 3. The van der Waals surface area contributed by atoms with Gasteiger partial charge in [0.15, 0.2) is 0 Å². The molecule has 39 heavy (non-hydrogen) atoms. The Morgan fingerprint density at radius 1 is 0.513 bits per heavy atom. The normalized spacial score (nSPS) is 13.7. The van der Waals surface area contributed by atoms with Crippen LogP contribution >= 0.6 is 15.9 Å². The summed E-state index contributed by atoms with van der Waals surface area (Å²) in [6, 6.07) is 42.3. The van der Waals surface area contributed by atoms with Crippen LogP contribution in [-0.2, 0) is 5.41 Å². The second kappa shape index (κ2) is 9.18. The maximum atomic E-state index is 5.41. The molecule has 0 saturated heterocycles. The predicted molar refractivity (Wildman–Crippen MR) is 165 cm³/mol. The summed E-state index contributed by atoms with van der Waals surface area (Å²) in [5, 5.41) is 0. The Kier molecular flexibility index (Phi) is 5.60. The lowest BCUT2D eigenvalue weighted by atomic mass is 9.73. The minimum atomic E-state index is -0.129. The molecule has 3 nitrogen and oxygen atoms in total. The molecule has 188 valence electrons. The van der Waals surface area contributed by atoms with Crippen LogP contribution in [0.2, 0.25) is 0 Å². The zero-order chi connectivity index (χ0) is 26.6. The molecule has 0 amide bonds. The van der Waals surface area contributed by atoms with Gasteiger partial charge in [-0.05, 0) is 51.3 Å². The number of fused-ring (bicyclic) bond motifs is 3. The molecule has 0 radical (unpaired) electrons. The topological polar surface area (TPSA) is 29.0 Å². The molecule has 1 aromatic heterocycles. The maximum absolute atomic E-state index is 5.41. The zero-order valence-electron chi connectivity index (χ0n) is 21.8. The van der Waals surface area contributed by atoms with Crippen molar-refractivity contribution in [2.45, 2.75) is 19.3 Å². The number of para-hydroxylation sites is 2. The molecule has 1 aliphatic rings. The van der Waals surface area contributed by atoms with E-state index in [9.17, 15) is 0 Å². The van der Waals surface area contributed by atoms with Crippen LogP contribution in [-0.4, -0.2) is 9.97 Å². The minimum absolute atomic E-state index is 0.129. The van der Waals surface area contributed by atoms with Crippen LogP contribution in [0.1, 0.15) is 25.0 Å². The second-order valence-corrected chi connectivity index (χ2v) is 11.3. The van der Waals surface area contributed by atoms with Crippen molar-refractivity contribution < 1.29 is 0 Å². The van der Waals surface area contributed by atoms with Crippen LogP contribution in [0.4, 0.5) is 17.1 Å². The van der Waals surface area contributed by atoms with E-state index in [1.54, 1.807) is 0 Å². The van der Waals surface area contributed by atoms with Crippen molar-refractivity contribution in [2.75, 3.05) is 4.90 Å². The number of benzene rings is 5. The van der Waals surface area contributed by atoms with Gasteiger partial charge in [-0.1, -0.05) is 111 Å². The monoisotopic (exact) mass is 567 g/mol. The molecule has 0 saturated carbocycles. The Morgan fingerprint density at radius 2 is 0.974 bits per heavy atom. The Bertz CT molecular complexity index is 1800. The lowest BCUT2D eigenvalue weighted by Crippen LogP contribution is -2.30. The Hall–Kier alpha value is -4.28. The maximum Gasteiger partial charge on any atom is 0.115 e. The van der Waals surface area contributed by atoms with Gasteiger partial charge in [0.05, 0.1) is 28.5 Å². The van der Waals surface area contributed by atoms with Crippen LogP contribution in [0.15, 0.2) is 126 Å². The van der Waals surface area contributed by atoms with E-state index >= 15 is 0 Å². The van der Waals surface area contributed by atoms with Crippen molar-refractivity contribution in [2.24, 2.45) is 0 Å². The fourth-order valence-electron chi connectivity index (χ4n) is 5.79. The van der Waals surface area contributed by atoms with Gasteiger partial charge in [-0.15, -0.1) is 0 Å². The van der Waals surface area contributed by atoms with Crippen molar-refractivity contribution in [1.29, 1.82) is 0 Å². The van der Waals surface area contributed by atoms with Gasteiger partial charge in [0.2, 0.25) is 0 Å². The smallest absolute Gasteiger partial charge is 0.115 e. The Labute approximate surface area is 236 Å². The molecule has 0 bridgehead atoms. The quantitative estimate of drug-likeness (QED) is 0.213. The summed E-state index contributed by atoms with van der Waals surface area (Å²) in [5.74, 6) is 0. The molecule has 7 rings (SSSR count). The third kappa shape index (κ3) is 3.78. The number of anilines is 3. The van der Waals surface area contributed by atoms with Crippen LogP contribution in [0.25, 0.3) is 33.5 Å². The van der Waals surface area contributed by atoms with Gasteiger partial charge in [-0.3, -0.25) is 0 Å². The molecular weight excluding hydrogens is 542 g/mol. The van der Waals surface area contributed by atoms with E-state index in [0.717, 1.165) is 43.7 Å². The summed E-state index contributed by atoms with van der Waals surface area (Å²) in [6.45, 7) is 4.61. The van der Waals surface area contributed by atoms with Crippen molar-refractivity contribution in [3.63, 3.8) is 0 Å². The Balaban J connectivity index is 1.57. The summed E-state index contributed by atoms with van der Waals surface area (Å²) >= 11 is 3.80. The van der Waals surface area contributed by atoms with E-state index in [2.05, 4.69) is 132 Å². The van der Waals surface area contributed by atoms with Crippen LogP contribution in [0.5, 0.6) is 0 Å². The summed E-state index contributed by atoms with van der Waals surface area (Å²) < 4.78 is 0.921. The lowest BCUT2D eigenvalue weighted by Gasteiger charge is -2.42. The van der Waals surface area contributed by atoms with Gasteiger partial charge in [0.1, 0.15) is 11.0 Å². The first-order chi connectivity index (χ1) is 19.0. The molecule has 0 aliphatic carbocycles. The fourth-order valence-corrected chi connectivity index (χ4v) is 6.20. The van der Waals surface area contributed by atoms with Crippen LogP contribution < -0.4 is 4.90 Å². The predicted octanol–water partition coefficient (Wildman–Crippen LogP) is 9.84. The van der Waals surface area contributed by atoms with E-state index < -0.39 is 0 Å². The van der Waals surface area contributed by atoms with Crippen molar-refractivity contribution in [3.05, 3.63) is 137 Å². The van der Waals surface area contributed by atoms with Crippen LogP contribution in [0.3, 0.4) is 0 Å². The highest BCUT2D eigenvalue weighted by Gasteiger charge is 2.37. The average molecular weight is 569 g/mol. The van der Waals surface area contributed by atoms with Crippen molar-refractivity contribution >= 4 is 44.0 Å². The van der Waals surface area contributed by atoms with E-state index in [-0.39, 0.29) is 5.41 Å². The molecular formula is C35H26BrN3. The Morgan fingerprint density at radius 3 is 1.51 bits per heavy atom. The summed E-state index contributed by atoms with van der Waals surface area (Å²) in [4.78, 5) is 13.0. The second-order valence-electron chi connectivity index (χ2n) is 10.4. The lowest BCUT2D eigenvalue weighted by molar-refractivity contribution is 0.632. The first-order valence-corrected chi connectivity index (χ1v) is 13.9. The SMILES string of the molecule is CC1(C)c2ccccc2N(c2ccc(Br)c3nc(-c4ccccc4)c(-c4ccccc4)nc23)c2ccccc21. The zero-order valence-corrected chi connectivity index (χ0v) is 23.4. The third-order valence-electron chi connectivity index (χ3n) is 7.72. The molecule has 0 unspecified atom stereocenters.